The van der Waals surface area contributed by atoms with Gasteiger partial charge in [-0.25, -0.2) is 0 Å². The van der Waals surface area contributed by atoms with Crippen molar-refractivity contribution < 1.29 is 9.47 Å². The van der Waals surface area contributed by atoms with Crippen LogP contribution in [0, 0.1) is 0 Å². The molecule has 1 rings (SSSR count). The van der Waals surface area contributed by atoms with Crippen LogP contribution >= 0.6 is 0 Å². The van der Waals surface area contributed by atoms with Gasteiger partial charge in [-0.2, -0.15) is 0 Å². The van der Waals surface area contributed by atoms with Crippen LogP contribution in [0.4, 0.5) is 0 Å². The Hall–Kier alpha value is -0.860. The van der Waals surface area contributed by atoms with Gasteiger partial charge in [-0.3, -0.25) is 0 Å². The Balaban J connectivity index is 2.65. The molecule has 0 aliphatic rings. The molecule has 1 aromatic carbocycles. The van der Waals surface area contributed by atoms with E-state index in [2.05, 4.69) is 13.8 Å². The van der Waals surface area contributed by atoms with Gasteiger partial charge in [0.05, 0.1) is 6.10 Å². The Morgan fingerprint density at radius 2 is 1.80 bits per heavy atom. The molecular formula is C13H20O2. The van der Waals surface area contributed by atoms with Crippen LogP contribution in [0.25, 0.3) is 0 Å². The molecule has 0 radical (unpaired) electrons. The highest BCUT2D eigenvalue weighted by atomic mass is 16.7. The molecule has 0 heterocycles. The van der Waals surface area contributed by atoms with E-state index in [4.69, 9.17) is 9.47 Å². The number of hydrogen-bond donors (Lipinski definition) is 0. The Morgan fingerprint density at radius 1 is 1.13 bits per heavy atom. The van der Waals surface area contributed by atoms with Crippen LogP contribution in [-0.2, 0) is 9.47 Å². The molecule has 0 aromatic heterocycles. The topological polar surface area (TPSA) is 18.5 Å². The number of ether oxygens (including phenoxy) is 2. The van der Waals surface area contributed by atoms with Crippen LogP contribution in [0.15, 0.2) is 30.3 Å². The van der Waals surface area contributed by atoms with Crippen LogP contribution in [0.2, 0.25) is 0 Å². The van der Waals surface area contributed by atoms with Gasteiger partial charge >= 0.3 is 0 Å². The minimum absolute atomic E-state index is 0.224. The molecule has 84 valence electrons. The summed E-state index contributed by atoms with van der Waals surface area (Å²) in [5.74, 6) is 0. The molecule has 2 atom stereocenters. The van der Waals surface area contributed by atoms with Crippen molar-refractivity contribution in [3.63, 3.8) is 0 Å². The van der Waals surface area contributed by atoms with Gasteiger partial charge in [0.1, 0.15) is 0 Å². The Labute approximate surface area is 92.2 Å². The summed E-state index contributed by atoms with van der Waals surface area (Å²) in [5.41, 5.74) is 1.08. The van der Waals surface area contributed by atoms with Crippen LogP contribution < -0.4 is 0 Å². The number of rotatable bonds is 6. The third kappa shape index (κ3) is 4.02. The maximum absolute atomic E-state index is 5.80. The first-order valence-corrected chi connectivity index (χ1v) is 5.59. The second-order valence-corrected chi connectivity index (χ2v) is 3.55. The van der Waals surface area contributed by atoms with Gasteiger partial charge in [0.2, 0.25) is 0 Å². The van der Waals surface area contributed by atoms with Crippen molar-refractivity contribution in [2.45, 2.75) is 39.6 Å². The predicted molar refractivity (Wildman–Crippen MR) is 61.6 cm³/mol. The van der Waals surface area contributed by atoms with Crippen molar-refractivity contribution in [2.24, 2.45) is 0 Å². The normalized spacial score (nSPS) is 14.9. The van der Waals surface area contributed by atoms with E-state index >= 15 is 0 Å². The Morgan fingerprint density at radius 3 is 2.33 bits per heavy atom. The maximum Gasteiger partial charge on any atom is 0.184 e. The van der Waals surface area contributed by atoms with E-state index in [-0.39, 0.29) is 12.4 Å². The van der Waals surface area contributed by atoms with Crippen molar-refractivity contribution in [3.05, 3.63) is 35.9 Å². The monoisotopic (exact) mass is 208 g/mol. The fraction of sp³-hybridized carbons (Fsp3) is 0.538. The van der Waals surface area contributed by atoms with E-state index in [1.807, 2.05) is 37.3 Å². The number of hydrogen-bond acceptors (Lipinski definition) is 2. The minimum Gasteiger partial charge on any atom is -0.349 e. The lowest BCUT2D eigenvalue weighted by Crippen LogP contribution is -2.15. The van der Waals surface area contributed by atoms with E-state index in [0.29, 0.717) is 6.61 Å². The fourth-order valence-corrected chi connectivity index (χ4v) is 1.28. The second kappa shape index (κ2) is 6.59. The summed E-state index contributed by atoms with van der Waals surface area (Å²) in [4.78, 5) is 0. The molecule has 0 bridgehead atoms. The van der Waals surface area contributed by atoms with E-state index in [1.165, 1.54) is 0 Å². The smallest absolute Gasteiger partial charge is 0.184 e. The number of benzene rings is 1. The first kappa shape index (κ1) is 12.2. The molecule has 2 nitrogen and oxygen atoms in total. The molecule has 0 spiro atoms. The summed E-state index contributed by atoms with van der Waals surface area (Å²) in [7, 11) is 0. The molecule has 2 heteroatoms. The summed E-state index contributed by atoms with van der Waals surface area (Å²) >= 11 is 0. The zero-order valence-corrected chi connectivity index (χ0v) is 9.77. The molecule has 0 amide bonds. The van der Waals surface area contributed by atoms with Crippen molar-refractivity contribution in [3.8, 4) is 0 Å². The molecular weight excluding hydrogens is 188 g/mol. The van der Waals surface area contributed by atoms with E-state index < -0.39 is 0 Å². The van der Waals surface area contributed by atoms with Gasteiger partial charge in [0, 0.05) is 12.2 Å². The first-order valence-electron chi connectivity index (χ1n) is 5.59. The average Bonchev–Trinajstić information content (AvgIpc) is 2.29. The molecule has 0 N–H and O–H groups in total. The van der Waals surface area contributed by atoms with Crippen molar-refractivity contribution in [1.29, 1.82) is 0 Å². The van der Waals surface area contributed by atoms with Crippen LogP contribution in [0.1, 0.15) is 39.0 Å². The predicted octanol–water partition coefficient (Wildman–Crippen LogP) is 3.54. The molecule has 0 aliphatic carbocycles. The molecule has 1 aromatic rings. The fourth-order valence-electron chi connectivity index (χ4n) is 1.28. The van der Waals surface area contributed by atoms with Gasteiger partial charge in [-0.05, 0) is 20.3 Å². The van der Waals surface area contributed by atoms with Crippen molar-refractivity contribution in [2.75, 3.05) is 6.61 Å². The van der Waals surface area contributed by atoms with Gasteiger partial charge < -0.3 is 9.47 Å². The summed E-state index contributed by atoms with van der Waals surface area (Å²) in [6.07, 6.45) is 0.990. The Kier molecular flexibility index (Phi) is 5.37. The first-order chi connectivity index (χ1) is 7.27. The third-order valence-corrected chi connectivity index (χ3v) is 2.32. The summed E-state index contributed by atoms with van der Waals surface area (Å²) in [5, 5.41) is 0. The zero-order chi connectivity index (χ0) is 11.1. The van der Waals surface area contributed by atoms with Gasteiger partial charge in [0.25, 0.3) is 0 Å². The summed E-state index contributed by atoms with van der Waals surface area (Å²) < 4.78 is 11.4. The average molecular weight is 208 g/mol. The van der Waals surface area contributed by atoms with Crippen molar-refractivity contribution in [1.82, 2.24) is 0 Å². The van der Waals surface area contributed by atoms with Gasteiger partial charge in [-0.15, -0.1) is 0 Å². The van der Waals surface area contributed by atoms with Crippen LogP contribution in [-0.4, -0.2) is 12.7 Å². The molecule has 0 saturated heterocycles. The molecule has 0 aliphatic heterocycles. The standard InChI is InChI=1S/C13H20O2/c1-4-11(3)15-13(14-5-2)12-9-7-6-8-10-12/h6-11,13H,4-5H2,1-3H3. The third-order valence-electron chi connectivity index (χ3n) is 2.32. The lowest BCUT2D eigenvalue weighted by molar-refractivity contribution is -0.169. The van der Waals surface area contributed by atoms with E-state index in [1.54, 1.807) is 0 Å². The summed E-state index contributed by atoms with van der Waals surface area (Å²) in [6, 6.07) is 10.1. The SMILES string of the molecule is CCOC(OC(C)CC)c1ccccc1. The molecule has 15 heavy (non-hydrogen) atoms. The van der Waals surface area contributed by atoms with Crippen molar-refractivity contribution >= 4 is 0 Å². The lowest BCUT2D eigenvalue weighted by Gasteiger charge is -2.21. The molecule has 2 unspecified atom stereocenters. The van der Waals surface area contributed by atoms with E-state index in [0.717, 1.165) is 12.0 Å². The van der Waals surface area contributed by atoms with Gasteiger partial charge in [0.15, 0.2) is 6.29 Å². The highest BCUT2D eigenvalue weighted by Crippen LogP contribution is 2.21. The second-order valence-electron chi connectivity index (χ2n) is 3.55. The van der Waals surface area contributed by atoms with Crippen LogP contribution in [0.5, 0.6) is 0 Å². The Bertz CT molecular complexity index is 258. The van der Waals surface area contributed by atoms with E-state index in [9.17, 15) is 0 Å². The van der Waals surface area contributed by atoms with Crippen LogP contribution in [0.3, 0.4) is 0 Å². The molecule has 0 saturated carbocycles. The molecule has 0 fully saturated rings. The highest BCUT2D eigenvalue weighted by molar-refractivity contribution is 5.15. The lowest BCUT2D eigenvalue weighted by atomic mass is 10.2. The quantitative estimate of drug-likeness (QED) is 0.666. The highest BCUT2D eigenvalue weighted by Gasteiger charge is 2.13. The minimum atomic E-state index is -0.230. The maximum atomic E-state index is 5.80. The van der Waals surface area contributed by atoms with Gasteiger partial charge in [-0.1, -0.05) is 37.3 Å². The largest absolute Gasteiger partial charge is 0.349 e. The summed E-state index contributed by atoms with van der Waals surface area (Å²) in [6.45, 7) is 6.82. The zero-order valence-electron chi connectivity index (χ0n) is 9.77.